The number of rotatable bonds is 4. The van der Waals surface area contributed by atoms with E-state index >= 15 is 0 Å². The SMILES string of the molecule is CCCN(C(=O)NC(=O)C(C)Cl)C(C)C. The Morgan fingerprint density at radius 2 is 1.87 bits per heavy atom. The smallest absolute Gasteiger partial charge is 0.322 e. The normalized spacial score (nSPS) is 12.4. The summed E-state index contributed by atoms with van der Waals surface area (Å²) in [6, 6.07) is -0.298. The van der Waals surface area contributed by atoms with Crippen molar-refractivity contribution in [1.29, 1.82) is 0 Å². The van der Waals surface area contributed by atoms with Crippen LogP contribution in [-0.4, -0.2) is 34.8 Å². The molecule has 0 bridgehead atoms. The summed E-state index contributed by atoms with van der Waals surface area (Å²) in [7, 11) is 0. The molecule has 0 aromatic carbocycles. The van der Waals surface area contributed by atoms with Crippen molar-refractivity contribution >= 4 is 23.5 Å². The lowest BCUT2D eigenvalue weighted by Gasteiger charge is -2.26. The molecule has 15 heavy (non-hydrogen) atoms. The number of hydrogen-bond acceptors (Lipinski definition) is 2. The second kappa shape index (κ2) is 6.67. The van der Waals surface area contributed by atoms with Crippen molar-refractivity contribution in [2.24, 2.45) is 0 Å². The molecule has 88 valence electrons. The Labute approximate surface area is 96.0 Å². The van der Waals surface area contributed by atoms with E-state index < -0.39 is 11.3 Å². The molecular formula is C10H19ClN2O2. The average Bonchev–Trinajstić information content (AvgIpc) is 2.12. The number of urea groups is 1. The highest BCUT2D eigenvalue weighted by Gasteiger charge is 2.19. The molecule has 0 fully saturated rings. The monoisotopic (exact) mass is 234 g/mol. The van der Waals surface area contributed by atoms with Crippen LogP contribution < -0.4 is 5.32 Å². The van der Waals surface area contributed by atoms with Gasteiger partial charge in [-0.15, -0.1) is 11.6 Å². The third-order valence-corrected chi connectivity index (χ3v) is 2.14. The predicted molar refractivity (Wildman–Crippen MR) is 61.0 cm³/mol. The van der Waals surface area contributed by atoms with Crippen molar-refractivity contribution in [2.75, 3.05) is 6.54 Å². The number of alkyl halides is 1. The number of carbonyl (C=O) groups is 2. The summed E-state index contributed by atoms with van der Waals surface area (Å²) >= 11 is 5.55. The maximum Gasteiger partial charge on any atom is 0.324 e. The second-order valence-corrected chi connectivity index (χ2v) is 4.35. The highest BCUT2D eigenvalue weighted by molar-refractivity contribution is 6.31. The number of halogens is 1. The molecular weight excluding hydrogens is 216 g/mol. The van der Waals surface area contributed by atoms with Gasteiger partial charge in [-0.05, 0) is 27.2 Å². The maximum atomic E-state index is 11.6. The molecule has 0 aliphatic rings. The molecule has 0 aromatic rings. The molecule has 0 saturated heterocycles. The van der Waals surface area contributed by atoms with Gasteiger partial charge >= 0.3 is 6.03 Å². The molecule has 0 spiro atoms. The molecule has 1 N–H and O–H groups in total. The van der Waals surface area contributed by atoms with E-state index in [1.807, 2.05) is 20.8 Å². The van der Waals surface area contributed by atoms with Crippen LogP contribution in [-0.2, 0) is 4.79 Å². The predicted octanol–water partition coefficient (Wildman–Crippen LogP) is 1.97. The minimum absolute atomic E-state index is 0.0726. The van der Waals surface area contributed by atoms with Gasteiger partial charge in [0, 0.05) is 12.6 Å². The first-order chi connectivity index (χ1) is 6.90. The van der Waals surface area contributed by atoms with Crippen LogP contribution in [0.3, 0.4) is 0 Å². The molecule has 0 aromatic heterocycles. The summed E-state index contributed by atoms with van der Waals surface area (Å²) in [4.78, 5) is 24.4. The van der Waals surface area contributed by atoms with E-state index in [0.29, 0.717) is 6.54 Å². The van der Waals surface area contributed by atoms with Crippen LogP contribution in [0, 0.1) is 0 Å². The zero-order valence-corrected chi connectivity index (χ0v) is 10.5. The Bertz CT molecular complexity index is 229. The number of nitrogens with zero attached hydrogens (tertiary/aromatic N) is 1. The maximum absolute atomic E-state index is 11.6. The van der Waals surface area contributed by atoms with Crippen LogP contribution >= 0.6 is 11.6 Å². The minimum Gasteiger partial charge on any atom is -0.322 e. The van der Waals surface area contributed by atoms with Crippen LogP contribution in [0.2, 0.25) is 0 Å². The van der Waals surface area contributed by atoms with Crippen molar-refractivity contribution in [3.05, 3.63) is 0 Å². The highest BCUT2D eigenvalue weighted by atomic mass is 35.5. The summed E-state index contributed by atoms with van der Waals surface area (Å²) in [5.74, 6) is -0.455. The molecule has 5 heteroatoms. The van der Waals surface area contributed by atoms with E-state index in [1.165, 1.54) is 6.92 Å². The van der Waals surface area contributed by atoms with Gasteiger partial charge in [0.15, 0.2) is 0 Å². The quantitative estimate of drug-likeness (QED) is 0.757. The Balaban J connectivity index is 4.32. The van der Waals surface area contributed by atoms with E-state index in [4.69, 9.17) is 11.6 Å². The zero-order chi connectivity index (χ0) is 12.0. The first kappa shape index (κ1) is 14.2. The molecule has 1 atom stereocenters. The summed E-state index contributed by atoms with van der Waals surface area (Å²) in [5, 5.41) is 1.57. The Morgan fingerprint density at radius 3 is 2.20 bits per heavy atom. The van der Waals surface area contributed by atoms with Gasteiger partial charge in [-0.2, -0.15) is 0 Å². The van der Waals surface area contributed by atoms with E-state index in [0.717, 1.165) is 6.42 Å². The molecule has 0 aliphatic carbocycles. The van der Waals surface area contributed by atoms with Gasteiger partial charge in [0.05, 0.1) is 0 Å². The van der Waals surface area contributed by atoms with Gasteiger partial charge < -0.3 is 4.90 Å². The molecule has 0 heterocycles. The van der Waals surface area contributed by atoms with Crippen molar-refractivity contribution in [3.63, 3.8) is 0 Å². The number of amides is 3. The van der Waals surface area contributed by atoms with Crippen LogP contribution in [0.25, 0.3) is 0 Å². The molecule has 4 nitrogen and oxygen atoms in total. The van der Waals surface area contributed by atoms with Crippen LogP contribution in [0.4, 0.5) is 4.79 Å². The molecule has 0 saturated carbocycles. The van der Waals surface area contributed by atoms with E-state index in [-0.39, 0.29) is 12.1 Å². The number of imide groups is 1. The zero-order valence-electron chi connectivity index (χ0n) is 9.71. The van der Waals surface area contributed by atoms with Gasteiger partial charge in [-0.1, -0.05) is 6.92 Å². The lowest BCUT2D eigenvalue weighted by Crippen LogP contribution is -2.48. The van der Waals surface area contributed by atoms with Crippen LogP contribution in [0.1, 0.15) is 34.1 Å². The summed E-state index contributed by atoms with van der Waals surface area (Å²) in [6.07, 6.45) is 0.857. The summed E-state index contributed by atoms with van der Waals surface area (Å²) in [6.45, 7) is 7.96. The molecule has 3 amide bonds. The first-order valence-electron chi connectivity index (χ1n) is 5.15. The van der Waals surface area contributed by atoms with Crippen molar-refractivity contribution in [3.8, 4) is 0 Å². The standard InChI is InChI=1S/C10H19ClN2O2/c1-5-6-13(7(2)3)10(15)12-9(14)8(4)11/h7-8H,5-6H2,1-4H3,(H,12,14,15). The number of nitrogens with one attached hydrogen (secondary N) is 1. The second-order valence-electron chi connectivity index (χ2n) is 3.70. The van der Waals surface area contributed by atoms with Crippen LogP contribution in [0.5, 0.6) is 0 Å². The lowest BCUT2D eigenvalue weighted by molar-refractivity contribution is -0.119. The fourth-order valence-electron chi connectivity index (χ4n) is 1.11. The first-order valence-corrected chi connectivity index (χ1v) is 5.59. The average molecular weight is 235 g/mol. The fraction of sp³-hybridized carbons (Fsp3) is 0.800. The minimum atomic E-state index is -0.690. The Kier molecular flexibility index (Phi) is 6.32. The van der Waals surface area contributed by atoms with Gasteiger partial charge in [0.1, 0.15) is 5.38 Å². The Hall–Kier alpha value is -0.770. The van der Waals surface area contributed by atoms with Gasteiger partial charge in [-0.25, -0.2) is 4.79 Å². The lowest BCUT2D eigenvalue weighted by atomic mass is 10.3. The van der Waals surface area contributed by atoms with Gasteiger partial charge in [0.25, 0.3) is 0 Å². The van der Waals surface area contributed by atoms with Crippen molar-refractivity contribution in [2.45, 2.75) is 45.5 Å². The third kappa shape index (κ3) is 5.02. The van der Waals surface area contributed by atoms with Gasteiger partial charge in [-0.3, -0.25) is 10.1 Å². The molecule has 0 radical (unpaired) electrons. The molecule has 0 rings (SSSR count). The summed E-state index contributed by atoms with van der Waals surface area (Å²) < 4.78 is 0. The topological polar surface area (TPSA) is 49.4 Å². The van der Waals surface area contributed by atoms with E-state index in [2.05, 4.69) is 5.32 Å². The fourth-order valence-corrected chi connectivity index (χ4v) is 1.17. The highest BCUT2D eigenvalue weighted by Crippen LogP contribution is 2.01. The molecule has 0 aliphatic heterocycles. The van der Waals surface area contributed by atoms with Crippen molar-refractivity contribution in [1.82, 2.24) is 10.2 Å². The Morgan fingerprint density at radius 1 is 1.33 bits per heavy atom. The van der Waals surface area contributed by atoms with Gasteiger partial charge in [0.2, 0.25) is 5.91 Å². The summed E-state index contributed by atoms with van der Waals surface area (Å²) in [5.41, 5.74) is 0. The van der Waals surface area contributed by atoms with Crippen molar-refractivity contribution < 1.29 is 9.59 Å². The largest absolute Gasteiger partial charge is 0.324 e. The number of carbonyl (C=O) groups excluding carboxylic acids is 2. The third-order valence-electron chi connectivity index (χ3n) is 1.94. The van der Waals surface area contributed by atoms with E-state index in [1.54, 1.807) is 4.90 Å². The van der Waals surface area contributed by atoms with Crippen LogP contribution in [0.15, 0.2) is 0 Å². The number of hydrogen-bond donors (Lipinski definition) is 1. The van der Waals surface area contributed by atoms with E-state index in [9.17, 15) is 9.59 Å². The molecule has 1 unspecified atom stereocenters.